The number of anilines is 1. The van der Waals surface area contributed by atoms with Crippen molar-refractivity contribution in [2.45, 2.75) is 0 Å². The maximum Gasteiger partial charge on any atom is 0.274 e. The first-order valence-corrected chi connectivity index (χ1v) is 11.6. The molecule has 0 saturated carbocycles. The van der Waals surface area contributed by atoms with Crippen molar-refractivity contribution in [1.29, 1.82) is 0 Å². The molecule has 2 aromatic carbocycles. The molecular formula is C27H25N5O4. The Morgan fingerprint density at radius 3 is 2.61 bits per heavy atom. The van der Waals surface area contributed by atoms with Gasteiger partial charge in [0, 0.05) is 49.6 Å². The molecule has 0 spiro atoms. The maximum atomic E-state index is 13.1. The SMILES string of the molecule is COc1cccc(C(O)=Cc2nc3ccc(C(=O)N4CCN(c5ccccn5)CC4)cc3[nH]c2=O)c1. The molecule has 36 heavy (non-hydrogen) atoms. The van der Waals surface area contributed by atoms with E-state index in [1.807, 2.05) is 18.2 Å². The molecule has 1 amide bonds. The number of H-pyrrole nitrogens is 1. The number of aromatic nitrogens is 3. The highest BCUT2D eigenvalue weighted by Gasteiger charge is 2.23. The molecule has 1 fully saturated rings. The predicted molar refractivity (Wildman–Crippen MR) is 138 cm³/mol. The average molecular weight is 484 g/mol. The van der Waals surface area contributed by atoms with Crippen molar-refractivity contribution in [3.05, 3.63) is 94.0 Å². The van der Waals surface area contributed by atoms with Gasteiger partial charge >= 0.3 is 0 Å². The third-order valence-electron chi connectivity index (χ3n) is 6.14. The third kappa shape index (κ3) is 4.76. The Hall–Kier alpha value is -4.66. The quantitative estimate of drug-likeness (QED) is 0.419. The topological polar surface area (TPSA) is 112 Å². The summed E-state index contributed by atoms with van der Waals surface area (Å²) < 4.78 is 5.18. The van der Waals surface area contributed by atoms with Crippen LogP contribution in [0.2, 0.25) is 0 Å². The van der Waals surface area contributed by atoms with E-state index in [1.165, 1.54) is 13.2 Å². The molecule has 9 nitrogen and oxygen atoms in total. The Labute approximate surface area is 207 Å². The van der Waals surface area contributed by atoms with Crippen molar-refractivity contribution in [2.75, 3.05) is 38.2 Å². The lowest BCUT2D eigenvalue weighted by atomic mass is 10.1. The first-order valence-electron chi connectivity index (χ1n) is 11.6. The zero-order valence-electron chi connectivity index (χ0n) is 19.7. The van der Waals surface area contributed by atoms with Gasteiger partial charge < -0.3 is 24.6 Å². The minimum absolute atomic E-state index is 0.0625. The van der Waals surface area contributed by atoms with E-state index in [-0.39, 0.29) is 17.4 Å². The second-order valence-electron chi connectivity index (χ2n) is 8.41. The number of carbonyl (C=O) groups excluding carboxylic acids is 1. The molecule has 2 aromatic heterocycles. The van der Waals surface area contributed by atoms with Gasteiger partial charge in [-0.15, -0.1) is 0 Å². The van der Waals surface area contributed by atoms with Crippen LogP contribution >= 0.6 is 0 Å². The van der Waals surface area contributed by atoms with Crippen LogP contribution in [-0.4, -0.2) is 64.2 Å². The van der Waals surface area contributed by atoms with Crippen LogP contribution in [0.15, 0.2) is 71.7 Å². The predicted octanol–water partition coefficient (Wildman–Crippen LogP) is 3.35. The molecule has 1 saturated heterocycles. The summed E-state index contributed by atoms with van der Waals surface area (Å²) in [4.78, 5) is 41.3. The van der Waals surface area contributed by atoms with E-state index in [9.17, 15) is 14.7 Å². The number of nitrogens with one attached hydrogen (secondary N) is 1. The van der Waals surface area contributed by atoms with Crippen molar-refractivity contribution in [1.82, 2.24) is 19.9 Å². The van der Waals surface area contributed by atoms with Crippen LogP contribution in [-0.2, 0) is 0 Å². The largest absolute Gasteiger partial charge is 0.507 e. The molecule has 0 unspecified atom stereocenters. The fourth-order valence-electron chi connectivity index (χ4n) is 4.19. The zero-order valence-corrected chi connectivity index (χ0v) is 19.7. The lowest BCUT2D eigenvalue weighted by molar-refractivity contribution is 0.0746. The molecule has 2 N–H and O–H groups in total. The van der Waals surface area contributed by atoms with Gasteiger partial charge in [-0.3, -0.25) is 9.59 Å². The molecule has 0 aliphatic carbocycles. The summed E-state index contributed by atoms with van der Waals surface area (Å²) in [6.07, 6.45) is 3.07. The Morgan fingerprint density at radius 1 is 1.03 bits per heavy atom. The fourth-order valence-corrected chi connectivity index (χ4v) is 4.19. The normalized spacial score (nSPS) is 14.2. The second kappa shape index (κ2) is 9.91. The summed E-state index contributed by atoms with van der Waals surface area (Å²) in [5, 5.41) is 10.5. The van der Waals surface area contributed by atoms with Gasteiger partial charge in [0.2, 0.25) is 0 Å². The Morgan fingerprint density at radius 2 is 1.86 bits per heavy atom. The van der Waals surface area contributed by atoms with Crippen molar-refractivity contribution < 1.29 is 14.6 Å². The smallest absolute Gasteiger partial charge is 0.274 e. The number of rotatable bonds is 5. The van der Waals surface area contributed by atoms with Crippen LogP contribution in [0, 0.1) is 0 Å². The van der Waals surface area contributed by atoms with E-state index in [0.717, 1.165) is 5.82 Å². The van der Waals surface area contributed by atoms with Gasteiger partial charge in [0.1, 0.15) is 23.0 Å². The van der Waals surface area contributed by atoms with Gasteiger partial charge in [0.15, 0.2) is 0 Å². The molecule has 0 bridgehead atoms. The molecule has 5 rings (SSSR count). The Bertz CT molecular complexity index is 1490. The van der Waals surface area contributed by atoms with Gasteiger partial charge in [-0.25, -0.2) is 9.97 Å². The number of hydrogen-bond donors (Lipinski definition) is 2. The first kappa shape index (κ1) is 23.1. The fraction of sp³-hybridized carbons (Fsp3) is 0.185. The first-order chi connectivity index (χ1) is 17.5. The summed E-state index contributed by atoms with van der Waals surface area (Å²) in [5.74, 6) is 1.28. The summed E-state index contributed by atoms with van der Waals surface area (Å²) >= 11 is 0. The second-order valence-corrected chi connectivity index (χ2v) is 8.41. The van der Waals surface area contributed by atoms with E-state index in [2.05, 4.69) is 19.9 Å². The minimum Gasteiger partial charge on any atom is -0.507 e. The number of pyridine rings is 1. The van der Waals surface area contributed by atoms with Gasteiger partial charge in [0.05, 0.1) is 18.1 Å². The lowest BCUT2D eigenvalue weighted by Crippen LogP contribution is -2.49. The number of piperazine rings is 1. The average Bonchev–Trinajstić information content (AvgIpc) is 2.93. The molecule has 0 radical (unpaired) electrons. The summed E-state index contributed by atoms with van der Waals surface area (Å²) in [6.45, 7) is 2.55. The number of nitrogens with zero attached hydrogens (tertiary/aromatic N) is 4. The molecular weight excluding hydrogens is 458 g/mol. The maximum absolute atomic E-state index is 13.1. The van der Waals surface area contributed by atoms with Crippen LogP contribution in [0.4, 0.5) is 5.82 Å². The van der Waals surface area contributed by atoms with Crippen molar-refractivity contribution >= 4 is 34.6 Å². The van der Waals surface area contributed by atoms with Gasteiger partial charge in [0.25, 0.3) is 11.5 Å². The van der Waals surface area contributed by atoms with E-state index in [0.29, 0.717) is 54.1 Å². The number of aromatic amines is 1. The minimum atomic E-state index is -0.467. The van der Waals surface area contributed by atoms with Gasteiger partial charge in [-0.1, -0.05) is 18.2 Å². The van der Waals surface area contributed by atoms with Gasteiger partial charge in [-0.2, -0.15) is 0 Å². The van der Waals surface area contributed by atoms with E-state index in [4.69, 9.17) is 4.74 Å². The number of carbonyl (C=O) groups is 1. The van der Waals surface area contributed by atoms with Gasteiger partial charge in [-0.05, 0) is 42.5 Å². The summed E-state index contributed by atoms with van der Waals surface area (Å²) in [6, 6.07) is 17.7. The van der Waals surface area contributed by atoms with Crippen LogP contribution in [0.5, 0.6) is 5.75 Å². The summed E-state index contributed by atoms with van der Waals surface area (Å²) in [5.41, 5.74) is 1.54. The number of ether oxygens (including phenoxy) is 1. The number of hydrogen-bond acceptors (Lipinski definition) is 7. The number of fused-ring (bicyclic) bond motifs is 1. The zero-order chi connectivity index (χ0) is 25.1. The number of benzene rings is 2. The highest BCUT2D eigenvalue weighted by Crippen LogP contribution is 2.21. The molecule has 182 valence electrons. The van der Waals surface area contributed by atoms with Crippen LogP contribution in [0.1, 0.15) is 21.6 Å². The van der Waals surface area contributed by atoms with Crippen LogP contribution in [0.25, 0.3) is 22.9 Å². The van der Waals surface area contributed by atoms with Crippen LogP contribution < -0.4 is 15.2 Å². The molecule has 0 atom stereocenters. The molecule has 3 heterocycles. The van der Waals surface area contributed by atoms with E-state index < -0.39 is 5.56 Å². The Balaban J connectivity index is 1.34. The Kier molecular flexibility index (Phi) is 6.36. The standard InChI is InChI=1S/C27H25N5O4/c1-36-20-6-4-5-18(15-20)24(33)17-23-26(34)30-22-16-19(8-9-21(22)29-23)27(35)32-13-11-31(12-14-32)25-7-2-3-10-28-25/h2-10,15-17,33H,11-14H2,1H3,(H,30,34). The summed E-state index contributed by atoms with van der Waals surface area (Å²) in [7, 11) is 1.54. The molecule has 1 aliphatic heterocycles. The molecule has 1 aliphatic rings. The number of methoxy groups -OCH3 is 1. The molecule has 9 heteroatoms. The highest BCUT2D eigenvalue weighted by atomic mass is 16.5. The van der Waals surface area contributed by atoms with Crippen molar-refractivity contribution in [3.8, 4) is 5.75 Å². The van der Waals surface area contributed by atoms with E-state index >= 15 is 0 Å². The highest BCUT2D eigenvalue weighted by molar-refractivity contribution is 5.97. The number of aliphatic hydroxyl groups excluding tert-OH is 1. The third-order valence-corrected chi connectivity index (χ3v) is 6.14. The lowest BCUT2D eigenvalue weighted by Gasteiger charge is -2.35. The number of aliphatic hydroxyl groups is 1. The van der Waals surface area contributed by atoms with Crippen LogP contribution in [0.3, 0.4) is 0 Å². The van der Waals surface area contributed by atoms with Crippen molar-refractivity contribution in [2.24, 2.45) is 0 Å². The molecule has 4 aromatic rings. The van der Waals surface area contributed by atoms with E-state index in [1.54, 1.807) is 53.6 Å². The van der Waals surface area contributed by atoms with Crippen molar-refractivity contribution in [3.63, 3.8) is 0 Å². The number of amides is 1. The monoisotopic (exact) mass is 483 g/mol.